The van der Waals surface area contributed by atoms with Gasteiger partial charge in [0.05, 0.1) is 0 Å². The molecule has 0 rings (SSSR count). The number of rotatable bonds is 0. The molecule has 0 unspecified atom stereocenters. The molecule has 0 aromatic carbocycles. The largest absolute Gasteiger partial charge is 0.545 e. The van der Waals surface area contributed by atoms with Crippen LogP contribution in [0.5, 0.6) is 0 Å². The molecule has 0 bridgehead atoms. The van der Waals surface area contributed by atoms with Gasteiger partial charge in [0.2, 0.25) is 0 Å². The van der Waals surface area contributed by atoms with Crippen LogP contribution in [0, 0.1) is 0 Å². The van der Waals surface area contributed by atoms with Crippen molar-refractivity contribution in [3.8, 4) is 0 Å². The molecule has 0 aliphatic heterocycles. The van der Waals surface area contributed by atoms with E-state index in [1.54, 1.807) is 0 Å². The van der Waals surface area contributed by atoms with Crippen molar-refractivity contribution in [1.82, 2.24) is 0 Å². The second-order valence-corrected chi connectivity index (χ2v) is 0. The van der Waals surface area contributed by atoms with Crippen molar-refractivity contribution < 1.29 is 48.2 Å². The fraction of sp³-hybridized carbons (Fsp3) is 0. The van der Waals surface area contributed by atoms with E-state index >= 15 is 0 Å². The zero-order valence-electron chi connectivity index (χ0n) is 6.25. The molecule has 1 radical (unpaired) electrons. The van der Waals surface area contributed by atoms with Crippen molar-refractivity contribution >= 4 is 40.7 Å². The standard InChI is InChI=1S/6CHO.Rh/c6*1-2;/h6*1H;/q6*-1;. The third-order valence-corrected chi connectivity index (χ3v) is 0. The first-order valence-electron chi connectivity index (χ1n) is 1.41. The Morgan fingerprint density at radius 2 is 0.308 bits per heavy atom. The van der Waals surface area contributed by atoms with Gasteiger partial charge in [0.1, 0.15) is 0 Å². The molecule has 0 aliphatic rings. The molecule has 0 N–H and O–H groups in total. The Hall–Kier alpha value is -1.36. The van der Waals surface area contributed by atoms with Gasteiger partial charge in [0.25, 0.3) is 0 Å². The van der Waals surface area contributed by atoms with Gasteiger partial charge in [-0.15, -0.1) is 0 Å². The third-order valence-electron chi connectivity index (χ3n) is 0. The van der Waals surface area contributed by atoms with Crippen LogP contribution >= 0.6 is 0 Å². The molecule has 0 spiro atoms. The summed E-state index contributed by atoms with van der Waals surface area (Å²) in [5, 5.41) is 0. The molecule has 6 nitrogen and oxygen atoms in total. The molecule has 0 aromatic heterocycles. The van der Waals surface area contributed by atoms with Crippen molar-refractivity contribution in [3.63, 3.8) is 0 Å². The van der Waals surface area contributed by atoms with Crippen LogP contribution < -0.4 is 0 Å². The second-order valence-electron chi connectivity index (χ2n) is 0. The predicted molar refractivity (Wildman–Crippen MR) is 40.5 cm³/mol. The van der Waals surface area contributed by atoms with Gasteiger partial charge in [0, 0.05) is 19.5 Å². The van der Waals surface area contributed by atoms with Crippen LogP contribution in [0.15, 0.2) is 0 Å². The summed E-state index contributed by atoms with van der Waals surface area (Å²) in [6, 6.07) is 0. The molecule has 0 aliphatic carbocycles. The van der Waals surface area contributed by atoms with E-state index in [2.05, 4.69) is 40.7 Å². The SMILES string of the molecule is [CH-]=O.[CH-]=O.[CH-]=O.[CH-]=O.[CH-]=O.[CH-]=O.[Rh]. The van der Waals surface area contributed by atoms with Crippen LogP contribution in [0.1, 0.15) is 0 Å². The molecular weight excluding hydrogens is 271 g/mol. The zero-order chi connectivity index (χ0) is 12.0. The maximum atomic E-state index is 7.75. The summed E-state index contributed by atoms with van der Waals surface area (Å²) in [5.74, 6) is 0. The average Bonchev–Trinajstić information content (AvgIpc) is 2.33. The molecule has 0 atom stereocenters. The molecule has 0 saturated heterocycles. The summed E-state index contributed by atoms with van der Waals surface area (Å²) >= 11 is 0. The van der Waals surface area contributed by atoms with E-state index in [1.807, 2.05) is 0 Å². The Balaban J connectivity index is -0.00000000655. The summed E-state index contributed by atoms with van der Waals surface area (Å²) in [6.07, 6.45) is 0. The summed E-state index contributed by atoms with van der Waals surface area (Å²) in [7, 11) is 0. The Bertz CT molecular complexity index is 32.6. The van der Waals surface area contributed by atoms with Gasteiger partial charge in [-0.05, 0) is 0 Å². The Labute approximate surface area is 89.4 Å². The quantitative estimate of drug-likeness (QED) is 0.299. The van der Waals surface area contributed by atoms with Crippen LogP contribution in [0.4, 0.5) is 0 Å². The van der Waals surface area contributed by atoms with Crippen molar-refractivity contribution in [2.24, 2.45) is 0 Å². The van der Waals surface area contributed by atoms with Crippen LogP contribution in [0.3, 0.4) is 0 Å². The number of hydrogen-bond donors (Lipinski definition) is 0. The fourth-order valence-electron chi connectivity index (χ4n) is 0. The fourth-order valence-corrected chi connectivity index (χ4v) is 0. The molecule has 0 fully saturated rings. The van der Waals surface area contributed by atoms with E-state index in [4.69, 9.17) is 28.8 Å². The summed E-state index contributed by atoms with van der Waals surface area (Å²) < 4.78 is 0. The van der Waals surface area contributed by atoms with E-state index in [9.17, 15) is 0 Å². The first-order valence-corrected chi connectivity index (χ1v) is 1.41. The van der Waals surface area contributed by atoms with Gasteiger partial charge >= 0.3 is 0 Å². The third kappa shape index (κ3) is 432. The Morgan fingerprint density at radius 1 is 0.308 bits per heavy atom. The average molecular weight is 277 g/mol. The first kappa shape index (κ1) is 61.2. The monoisotopic (exact) mass is 277 g/mol. The second kappa shape index (κ2) is 538. The number of carbonyl (C=O) groups excluding carboxylic acids is 6. The maximum Gasteiger partial charge on any atom is 0 e. The van der Waals surface area contributed by atoms with Gasteiger partial charge in [-0.25, -0.2) is 0 Å². The predicted octanol–water partition coefficient (Wildman–Crippen LogP) is -1.65. The van der Waals surface area contributed by atoms with Crippen LogP contribution in [-0.4, -0.2) is 40.7 Å². The van der Waals surface area contributed by atoms with Crippen molar-refractivity contribution in [3.05, 3.63) is 0 Å². The molecule has 0 heterocycles. The number of hydrogen-bond acceptors (Lipinski definition) is 6. The van der Waals surface area contributed by atoms with Gasteiger partial charge in [-0.3, -0.25) is 40.7 Å². The van der Waals surface area contributed by atoms with Gasteiger partial charge < -0.3 is 28.8 Å². The van der Waals surface area contributed by atoms with E-state index in [-0.39, 0.29) is 19.5 Å². The minimum Gasteiger partial charge on any atom is -0.545 e. The van der Waals surface area contributed by atoms with Crippen molar-refractivity contribution in [2.75, 3.05) is 0 Å². The molecule has 0 aromatic rings. The topological polar surface area (TPSA) is 102 Å². The normalized spacial score (nSPS) is 1.85. The van der Waals surface area contributed by atoms with Crippen LogP contribution in [0.25, 0.3) is 0 Å². The smallest absolute Gasteiger partial charge is 0 e. The minimum absolute atomic E-state index is 0. The summed E-state index contributed by atoms with van der Waals surface area (Å²) in [4.78, 5) is 46.5. The Morgan fingerprint density at radius 3 is 0.308 bits per heavy atom. The van der Waals surface area contributed by atoms with E-state index in [0.29, 0.717) is 0 Å². The van der Waals surface area contributed by atoms with E-state index < -0.39 is 0 Å². The van der Waals surface area contributed by atoms with Crippen molar-refractivity contribution in [1.29, 1.82) is 0 Å². The van der Waals surface area contributed by atoms with Crippen LogP contribution in [-0.2, 0) is 48.2 Å². The Kier molecular flexibility index (Phi) is 2530. The molecule has 13 heavy (non-hydrogen) atoms. The molecule has 0 amide bonds. The van der Waals surface area contributed by atoms with Crippen molar-refractivity contribution in [2.45, 2.75) is 0 Å². The van der Waals surface area contributed by atoms with Crippen LogP contribution in [0.2, 0.25) is 0 Å². The summed E-state index contributed by atoms with van der Waals surface area (Å²) in [5.41, 5.74) is 0. The summed E-state index contributed by atoms with van der Waals surface area (Å²) in [6.45, 7) is 19.5. The van der Waals surface area contributed by atoms with Gasteiger partial charge in [-0.1, -0.05) is 0 Å². The molecule has 0 saturated carbocycles. The van der Waals surface area contributed by atoms with E-state index in [0.717, 1.165) is 0 Å². The van der Waals surface area contributed by atoms with Gasteiger partial charge in [-0.2, -0.15) is 0 Å². The minimum atomic E-state index is 0. The maximum absolute atomic E-state index is 7.75. The zero-order valence-corrected chi connectivity index (χ0v) is 7.89. The molecule has 7 heteroatoms. The van der Waals surface area contributed by atoms with E-state index in [1.165, 1.54) is 0 Å². The first-order chi connectivity index (χ1) is 6.00. The van der Waals surface area contributed by atoms with Gasteiger partial charge in [0.15, 0.2) is 0 Å². The molecule has 81 valence electrons. The molecular formula is C6H6O6Rh-6.